The predicted molar refractivity (Wildman–Crippen MR) is 123 cm³/mol. The van der Waals surface area contributed by atoms with Gasteiger partial charge in [0.15, 0.2) is 0 Å². The summed E-state index contributed by atoms with van der Waals surface area (Å²) in [5, 5.41) is 19.1. The number of hydrogen-bond donors (Lipinski definition) is 1. The summed E-state index contributed by atoms with van der Waals surface area (Å²) in [6.07, 6.45) is 7.33. The van der Waals surface area contributed by atoms with E-state index >= 15 is 0 Å². The molecule has 190 valence electrons. The van der Waals surface area contributed by atoms with Crippen molar-refractivity contribution >= 4 is 27.6 Å². The van der Waals surface area contributed by atoms with E-state index in [1.807, 2.05) is 0 Å². The third-order valence-electron chi connectivity index (χ3n) is 6.89. The Morgan fingerprint density at radius 3 is 2.34 bits per heavy atom. The Bertz CT molecular complexity index is 1200. The molecule has 2 amide bonds. The molecule has 2 aliphatic carbocycles. The van der Waals surface area contributed by atoms with Crippen LogP contribution in [0.4, 0.5) is 25.0 Å². The zero-order valence-electron chi connectivity index (χ0n) is 19.0. The van der Waals surface area contributed by atoms with Crippen LogP contribution in [0.15, 0.2) is 18.5 Å². The lowest BCUT2D eigenvalue weighted by molar-refractivity contribution is 0.0566. The number of alkyl halides is 2. The number of aromatic nitrogens is 2. The van der Waals surface area contributed by atoms with Gasteiger partial charge in [-0.3, -0.25) is 4.47 Å². The molecule has 0 unspecified atom stereocenters. The number of amides is 2. The average Bonchev–Trinajstić information content (AvgIpc) is 3.59. The van der Waals surface area contributed by atoms with Crippen molar-refractivity contribution < 1.29 is 26.7 Å². The third-order valence-corrected chi connectivity index (χ3v) is 8.48. The van der Waals surface area contributed by atoms with E-state index in [0.29, 0.717) is 14.7 Å². The van der Waals surface area contributed by atoms with E-state index < -0.39 is 33.3 Å². The van der Waals surface area contributed by atoms with E-state index in [1.165, 1.54) is 0 Å². The summed E-state index contributed by atoms with van der Waals surface area (Å²) in [5.41, 5.74) is 4.45. The predicted octanol–water partition coefficient (Wildman–Crippen LogP) is 3.52. The van der Waals surface area contributed by atoms with Gasteiger partial charge in [-0.1, -0.05) is 6.07 Å². The molecule has 1 N–H and O–H groups in total. The number of nitrogens with one attached hydrogen (secondary N) is 1. The molecule has 0 bridgehead atoms. The number of rotatable bonds is 6. The SMILES string of the molecule is O=C(Nc1c2c(cc3c1CCC3)CCC2)N([O-])S(=O)(=O)N(c1cnn(C(F)F)c1)C1CCOCC1. The Hall–Kier alpha value is -2.77. The maximum atomic E-state index is 13.4. The number of halogens is 2. The molecule has 0 spiro atoms. The van der Waals surface area contributed by atoms with Crippen LogP contribution in [0.5, 0.6) is 0 Å². The van der Waals surface area contributed by atoms with Gasteiger partial charge in [0.1, 0.15) is 0 Å². The summed E-state index contributed by atoms with van der Waals surface area (Å²) in [6, 6.07) is 0.0656. The van der Waals surface area contributed by atoms with Crippen LogP contribution in [-0.4, -0.2) is 48.0 Å². The molecule has 5 rings (SSSR count). The van der Waals surface area contributed by atoms with Crippen molar-refractivity contribution in [3.05, 3.63) is 45.9 Å². The van der Waals surface area contributed by atoms with Gasteiger partial charge in [-0.25, -0.2) is 13.8 Å². The second-order valence-electron chi connectivity index (χ2n) is 8.99. The molecule has 2 aromatic rings. The van der Waals surface area contributed by atoms with Gasteiger partial charge in [0.2, 0.25) is 0 Å². The summed E-state index contributed by atoms with van der Waals surface area (Å²) in [4.78, 5) is 13.0. The fourth-order valence-electron chi connectivity index (χ4n) is 5.31. The highest BCUT2D eigenvalue weighted by molar-refractivity contribution is 7.91. The largest absolute Gasteiger partial charge is 0.740 e. The molecule has 1 aromatic heterocycles. The van der Waals surface area contributed by atoms with E-state index in [4.69, 9.17) is 4.74 Å². The minimum atomic E-state index is -4.97. The van der Waals surface area contributed by atoms with Crippen LogP contribution in [0.25, 0.3) is 0 Å². The van der Waals surface area contributed by atoms with Crippen LogP contribution in [0, 0.1) is 5.21 Å². The first-order chi connectivity index (χ1) is 16.8. The Kier molecular flexibility index (Phi) is 6.40. The lowest BCUT2D eigenvalue weighted by Crippen LogP contribution is -2.51. The summed E-state index contributed by atoms with van der Waals surface area (Å²) in [5.74, 6) is 0. The second-order valence-corrected chi connectivity index (χ2v) is 10.6. The van der Waals surface area contributed by atoms with Gasteiger partial charge in [0.05, 0.1) is 24.1 Å². The van der Waals surface area contributed by atoms with Crippen molar-refractivity contribution in [2.24, 2.45) is 0 Å². The Labute approximate surface area is 201 Å². The number of aryl methyl sites for hydroxylation is 2. The Morgan fingerprint density at radius 2 is 1.77 bits per heavy atom. The molecule has 13 heteroatoms. The normalized spacial score (nSPS) is 17.9. The first-order valence-electron chi connectivity index (χ1n) is 11.7. The number of carbonyl (C=O) groups excluding carboxylic acids is 1. The third kappa shape index (κ3) is 4.36. The van der Waals surface area contributed by atoms with Gasteiger partial charge < -0.3 is 15.3 Å². The molecule has 1 fully saturated rings. The number of ether oxygens (including phenoxy) is 1. The highest BCUT2D eigenvalue weighted by Crippen LogP contribution is 2.39. The highest BCUT2D eigenvalue weighted by atomic mass is 32.2. The van der Waals surface area contributed by atoms with E-state index in [0.717, 1.165) is 73.2 Å². The van der Waals surface area contributed by atoms with Crippen molar-refractivity contribution in [2.75, 3.05) is 22.8 Å². The molecular weight excluding hydrogens is 484 g/mol. The summed E-state index contributed by atoms with van der Waals surface area (Å²) in [7, 11) is -4.97. The first-order valence-corrected chi connectivity index (χ1v) is 13.1. The van der Waals surface area contributed by atoms with E-state index in [-0.39, 0.29) is 31.7 Å². The van der Waals surface area contributed by atoms with Crippen LogP contribution >= 0.6 is 0 Å². The number of anilines is 2. The summed E-state index contributed by atoms with van der Waals surface area (Å²) >= 11 is 0. The van der Waals surface area contributed by atoms with E-state index in [9.17, 15) is 27.2 Å². The molecule has 2 heterocycles. The van der Waals surface area contributed by atoms with Crippen LogP contribution in [-0.2, 0) is 40.6 Å². The van der Waals surface area contributed by atoms with Crippen molar-refractivity contribution in [1.29, 1.82) is 0 Å². The molecule has 0 atom stereocenters. The Balaban J connectivity index is 1.46. The molecule has 35 heavy (non-hydrogen) atoms. The van der Waals surface area contributed by atoms with Gasteiger partial charge in [-0.15, -0.1) is 0 Å². The minimum Gasteiger partial charge on any atom is -0.740 e. The molecule has 1 saturated heterocycles. The lowest BCUT2D eigenvalue weighted by atomic mass is 9.99. The second kappa shape index (κ2) is 9.36. The standard InChI is InChI=1S/C22H26F2N5O5S/c23-21(24)27-13-17(12-25-27)28(16-7-9-34-10-8-16)35(32,33)29(31)22(30)26-20-18-5-1-3-14(18)11-15-4-2-6-19(15)20/h11-13,16,21H,1-10H2,(H,26,30)/q-1. The lowest BCUT2D eigenvalue weighted by Gasteiger charge is -2.39. The zero-order valence-corrected chi connectivity index (χ0v) is 19.8. The Morgan fingerprint density at radius 1 is 1.14 bits per heavy atom. The van der Waals surface area contributed by atoms with Gasteiger partial charge in [-0.05, 0) is 73.6 Å². The van der Waals surface area contributed by atoms with Gasteiger partial charge in [0.25, 0.3) is 0 Å². The van der Waals surface area contributed by atoms with Crippen LogP contribution in [0.1, 0.15) is 54.5 Å². The monoisotopic (exact) mass is 510 g/mol. The zero-order chi connectivity index (χ0) is 24.7. The number of hydroxylamine groups is 1. The molecule has 0 saturated carbocycles. The molecule has 0 radical (unpaired) electrons. The van der Waals surface area contributed by atoms with Gasteiger partial charge in [-0.2, -0.15) is 22.3 Å². The fraction of sp³-hybridized carbons (Fsp3) is 0.545. The number of fused-ring (bicyclic) bond motifs is 2. The molecule has 1 aromatic carbocycles. The van der Waals surface area contributed by atoms with Crippen LogP contribution in [0.3, 0.4) is 0 Å². The average molecular weight is 511 g/mol. The van der Waals surface area contributed by atoms with Crippen LogP contribution in [0.2, 0.25) is 0 Å². The van der Waals surface area contributed by atoms with Crippen molar-refractivity contribution in [1.82, 2.24) is 14.2 Å². The number of nitrogens with zero attached hydrogens (tertiary/aromatic N) is 4. The number of benzene rings is 1. The van der Waals surface area contributed by atoms with Crippen LogP contribution < -0.4 is 9.62 Å². The molecule has 10 nitrogen and oxygen atoms in total. The summed E-state index contributed by atoms with van der Waals surface area (Å²) < 4.78 is 58.8. The summed E-state index contributed by atoms with van der Waals surface area (Å²) in [6.45, 7) is -2.53. The topological polar surface area (TPSA) is 120 Å². The molecule has 1 aliphatic heterocycles. The number of urea groups is 1. The fourth-order valence-corrected chi connectivity index (χ4v) is 6.67. The smallest absolute Gasteiger partial charge is 0.333 e. The van der Waals surface area contributed by atoms with Crippen molar-refractivity contribution in [3.63, 3.8) is 0 Å². The quantitative estimate of drug-likeness (QED) is 0.594. The number of hydrogen-bond acceptors (Lipinski definition) is 6. The number of carbonyl (C=O) groups is 1. The molecular formula is C22H26F2N5O5S-. The maximum absolute atomic E-state index is 13.4. The van der Waals surface area contributed by atoms with E-state index in [1.54, 1.807) is 0 Å². The van der Waals surface area contributed by atoms with Crippen molar-refractivity contribution in [3.8, 4) is 0 Å². The first kappa shape index (κ1) is 23.9. The molecule has 3 aliphatic rings. The minimum absolute atomic E-state index is 0.215. The van der Waals surface area contributed by atoms with Gasteiger partial charge >= 0.3 is 22.8 Å². The van der Waals surface area contributed by atoms with Gasteiger partial charge in [0, 0.05) is 18.9 Å². The highest BCUT2D eigenvalue weighted by Gasteiger charge is 2.36. The van der Waals surface area contributed by atoms with E-state index in [2.05, 4.69) is 16.5 Å². The maximum Gasteiger partial charge on any atom is 0.333 e. The van der Waals surface area contributed by atoms with Crippen molar-refractivity contribution in [2.45, 2.75) is 64.0 Å².